The summed E-state index contributed by atoms with van der Waals surface area (Å²) in [5.41, 5.74) is 15.4. The number of fused-ring (bicyclic) bond motifs is 15. The molecule has 10 rings (SSSR count). The first-order valence-electron chi connectivity index (χ1n) is 15.7. The maximum atomic E-state index is 3.66. The molecule has 0 amide bonds. The standard InChI is InChI=1S/C41H25N.C2H6/c1-2-10-28-25(9-1)18-22-39-40(28)33-23-26(19-21-38(33)42-39)27-17-20-32-31-13-5-8-16-36(31)41(37(32)24-27)34-14-6-3-11-29(34)30-12-4-7-15-35(30)41;1-2/h1-24,42H;1-2H3. The third kappa shape index (κ3) is 3.14. The molecule has 0 saturated heterocycles. The highest BCUT2D eigenvalue weighted by molar-refractivity contribution is 6.20. The fourth-order valence-electron chi connectivity index (χ4n) is 8.13. The SMILES string of the molecule is CC.c1ccc2c(c1)-c1ccccc1C21c2ccccc2-c2ccc(-c3ccc4[nH]c5ccc6ccccc6c5c4c3)cc21. The number of H-pyrrole nitrogens is 1. The molecular formula is C43H31N. The van der Waals surface area contributed by atoms with E-state index in [-0.39, 0.29) is 5.41 Å². The lowest BCUT2D eigenvalue weighted by Crippen LogP contribution is -2.25. The number of hydrogen-bond donors (Lipinski definition) is 1. The third-order valence-corrected chi connectivity index (χ3v) is 9.82. The van der Waals surface area contributed by atoms with Gasteiger partial charge in [-0.05, 0) is 90.7 Å². The zero-order chi connectivity index (χ0) is 29.4. The molecule has 44 heavy (non-hydrogen) atoms. The number of aromatic nitrogens is 1. The minimum Gasteiger partial charge on any atom is -0.354 e. The maximum absolute atomic E-state index is 3.66. The highest BCUT2D eigenvalue weighted by atomic mass is 14.7. The van der Waals surface area contributed by atoms with E-state index < -0.39 is 0 Å². The van der Waals surface area contributed by atoms with Crippen molar-refractivity contribution in [2.24, 2.45) is 0 Å². The average Bonchev–Trinajstić information content (AvgIpc) is 3.73. The van der Waals surface area contributed by atoms with Crippen LogP contribution in [0.25, 0.3) is 66.0 Å². The molecule has 2 aliphatic rings. The Morgan fingerprint density at radius 2 is 0.932 bits per heavy atom. The van der Waals surface area contributed by atoms with E-state index in [1.54, 1.807) is 0 Å². The molecule has 1 heteroatoms. The van der Waals surface area contributed by atoms with Gasteiger partial charge >= 0.3 is 0 Å². The van der Waals surface area contributed by atoms with Crippen LogP contribution in [0.3, 0.4) is 0 Å². The minimum atomic E-state index is -0.323. The van der Waals surface area contributed by atoms with Gasteiger partial charge in [0.15, 0.2) is 0 Å². The van der Waals surface area contributed by atoms with E-state index in [9.17, 15) is 0 Å². The Morgan fingerprint density at radius 1 is 0.409 bits per heavy atom. The lowest BCUT2D eigenvalue weighted by Gasteiger charge is -2.30. The summed E-state index contributed by atoms with van der Waals surface area (Å²) in [6, 6.07) is 54.2. The molecule has 8 aromatic rings. The molecule has 0 aliphatic heterocycles. The van der Waals surface area contributed by atoms with Crippen LogP contribution in [0.1, 0.15) is 36.1 Å². The Kier molecular flexibility index (Phi) is 5.31. The number of aromatic amines is 1. The molecule has 1 spiro atoms. The zero-order valence-electron chi connectivity index (χ0n) is 24.9. The lowest BCUT2D eigenvalue weighted by molar-refractivity contribution is 0.794. The normalized spacial score (nSPS) is 13.4. The summed E-state index contributed by atoms with van der Waals surface area (Å²) < 4.78 is 0. The molecule has 0 saturated carbocycles. The average molecular weight is 562 g/mol. The van der Waals surface area contributed by atoms with E-state index in [1.165, 1.54) is 88.2 Å². The first-order chi connectivity index (χ1) is 21.8. The molecule has 0 radical (unpaired) electrons. The van der Waals surface area contributed by atoms with E-state index in [0.717, 1.165) is 0 Å². The van der Waals surface area contributed by atoms with Gasteiger partial charge in [-0.3, -0.25) is 0 Å². The molecular weight excluding hydrogens is 530 g/mol. The van der Waals surface area contributed by atoms with Gasteiger partial charge < -0.3 is 4.98 Å². The van der Waals surface area contributed by atoms with Crippen molar-refractivity contribution in [3.05, 3.63) is 168 Å². The predicted molar refractivity (Wildman–Crippen MR) is 186 cm³/mol. The summed E-state index contributed by atoms with van der Waals surface area (Å²) in [6.07, 6.45) is 0. The van der Waals surface area contributed by atoms with Crippen molar-refractivity contribution in [1.82, 2.24) is 4.98 Å². The number of benzene rings is 7. The van der Waals surface area contributed by atoms with Crippen molar-refractivity contribution in [2.75, 3.05) is 0 Å². The fraction of sp³-hybridized carbons (Fsp3) is 0.0698. The minimum absolute atomic E-state index is 0.323. The molecule has 1 aromatic heterocycles. The van der Waals surface area contributed by atoms with Gasteiger partial charge in [0.1, 0.15) is 0 Å². The van der Waals surface area contributed by atoms with E-state index >= 15 is 0 Å². The van der Waals surface area contributed by atoms with E-state index in [2.05, 4.69) is 151 Å². The molecule has 0 fully saturated rings. The van der Waals surface area contributed by atoms with Gasteiger partial charge in [0, 0.05) is 21.8 Å². The molecule has 208 valence electrons. The summed E-state index contributed by atoms with van der Waals surface area (Å²) in [7, 11) is 0. The second-order valence-corrected chi connectivity index (χ2v) is 11.7. The number of nitrogens with one attached hydrogen (secondary N) is 1. The van der Waals surface area contributed by atoms with Crippen LogP contribution < -0.4 is 0 Å². The van der Waals surface area contributed by atoms with Gasteiger partial charge in [-0.15, -0.1) is 0 Å². The van der Waals surface area contributed by atoms with Crippen LogP contribution in [0.2, 0.25) is 0 Å². The second-order valence-electron chi connectivity index (χ2n) is 11.7. The summed E-state index contributed by atoms with van der Waals surface area (Å²) in [5, 5.41) is 5.14. The number of rotatable bonds is 1. The molecule has 7 aromatic carbocycles. The summed E-state index contributed by atoms with van der Waals surface area (Å²) in [5.74, 6) is 0. The Labute approximate surface area is 257 Å². The topological polar surface area (TPSA) is 15.8 Å². The summed E-state index contributed by atoms with van der Waals surface area (Å²) in [4.78, 5) is 3.66. The van der Waals surface area contributed by atoms with Crippen molar-refractivity contribution >= 4 is 32.6 Å². The van der Waals surface area contributed by atoms with Gasteiger partial charge in [0.25, 0.3) is 0 Å². The van der Waals surface area contributed by atoms with Crippen molar-refractivity contribution in [3.8, 4) is 33.4 Å². The Hall–Kier alpha value is -5.40. The fourth-order valence-corrected chi connectivity index (χ4v) is 8.13. The summed E-state index contributed by atoms with van der Waals surface area (Å²) >= 11 is 0. The van der Waals surface area contributed by atoms with Gasteiger partial charge in [0.05, 0.1) is 5.41 Å². The van der Waals surface area contributed by atoms with E-state index in [0.29, 0.717) is 0 Å². The second kappa shape index (κ2) is 9.30. The van der Waals surface area contributed by atoms with Crippen LogP contribution in [0, 0.1) is 0 Å². The molecule has 0 bridgehead atoms. The van der Waals surface area contributed by atoms with Crippen LogP contribution >= 0.6 is 0 Å². The Balaban J connectivity index is 0.00000133. The van der Waals surface area contributed by atoms with Crippen molar-refractivity contribution in [1.29, 1.82) is 0 Å². The van der Waals surface area contributed by atoms with Crippen molar-refractivity contribution in [2.45, 2.75) is 19.3 Å². The van der Waals surface area contributed by atoms with E-state index in [1.807, 2.05) is 13.8 Å². The van der Waals surface area contributed by atoms with Gasteiger partial charge in [-0.2, -0.15) is 0 Å². The van der Waals surface area contributed by atoms with Crippen LogP contribution in [0.15, 0.2) is 146 Å². The molecule has 2 aliphatic carbocycles. The van der Waals surface area contributed by atoms with Crippen LogP contribution in [-0.4, -0.2) is 4.98 Å². The molecule has 1 heterocycles. The molecule has 1 N–H and O–H groups in total. The highest BCUT2D eigenvalue weighted by Gasteiger charge is 2.51. The first-order valence-corrected chi connectivity index (χ1v) is 15.7. The van der Waals surface area contributed by atoms with Gasteiger partial charge in [-0.25, -0.2) is 0 Å². The molecule has 0 unspecified atom stereocenters. The quantitative estimate of drug-likeness (QED) is 0.205. The van der Waals surface area contributed by atoms with Crippen molar-refractivity contribution < 1.29 is 0 Å². The maximum Gasteiger partial charge on any atom is 0.0725 e. The van der Waals surface area contributed by atoms with Crippen molar-refractivity contribution in [3.63, 3.8) is 0 Å². The largest absolute Gasteiger partial charge is 0.354 e. The number of hydrogen-bond acceptors (Lipinski definition) is 0. The highest BCUT2D eigenvalue weighted by Crippen LogP contribution is 2.63. The Bertz CT molecular complexity index is 2360. The monoisotopic (exact) mass is 561 g/mol. The molecule has 0 atom stereocenters. The van der Waals surface area contributed by atoms with Crippen LogP contribution in [0.4, 0.5) is 0 Å². The van der Waals surface area contributed by atoms with Gasteiger partial charge in [-0.1, -0.05) is 135 Å². The first kappa shape index (κ1) is 25.1. The zero-order valence-corrected chi connectivity index (χ0v) is 24.9. The third-order valence-electron chi connectivity index (χ3n) is 9.82. The lowest BCUT2D eigenvalue weighted by atomic mass is 9.70. The predicted octanol–water partition coefficient (Wildman–Crippen LogP) is 11.5. The summed E-state index contributed by atoms with van der Waals surface area (Å²) in [6.45, 7) is 4.00. The van der Waals surface area contributed by atoms with Gasteiger partial charge in [0.2, 0.25) is 0 Å². The van der Waals surface area contributed by atoms with E-state index in [4.69, 9.17) is 0 Å². The van der Waals surface area contributed by atoms with Crippen LogP contribution in [0.5, 0.6) is 0 Å². The van der Waals surface area contributed by atoms with Crippen LogP contribution in [-0.2, 0) is 5.41 Å². The molecule has 1 nitrogen and oxygen atoms in total. The Morgan fingerprint density at radius 3 is 1.61 bits per heavy atom. The smallest absolute Gasteiger partial charge is 0.0725 e.